The smallest absolute Gasteiger partial charge is 0.176 e. The highest BCUT2D eigenvalue weighted by Gasteiger charge is 2.24. The summed E-state index contributed by atoms with van der Waals surface area (Å²) in [6, 6.07) is 0. The Labute approximate surface area is 48.6 Å². The summed E-state index contributed by atoms with van der Waals surface area (Å²) in [5.74, 6) is 0.0984. The molecule has 0 spiro atoms. The second-order valence-corrected chi connectivity index (χ2v) is 4.06. The fraction of sp³-hybridized carbons (Fsp3) is 1.00. The van der Waals surface area contributed by atoms with Crippen LogP contribution >= 0.6 is 0 Å². The predicted octanol–water partition coefficient (Wildman–Crippen LogP) is -0.223. The minimum absolute atomic E-state index is 0.0891. The van der Waals surface area contributed by atoms with Crippen molar-refractivity contribution in [2.24, 2.45) is 0 Å². The monoisotopic (exact) mass is 136 g/mol. The predicted molar refractivity (Wildman–Crippen MR) is 29.2 cm³/mol. The van der Waals surface area contributed by atoms with Gasteiger partial charge in [0.15, 0.2) is 9.84 Å². The quantitative estimate of drug-likeness (QED) is 0.462. The normalized spacial score (nSPS) is 35.4. The summed E-state index contributed by atoms with van der Waals surface area (Å²) in [4.78, 5) is 0. The van der Waals surface area contributed by atoms with E-state index in [2.05, 4.69) is 0 Å². The lowest BCUT2D eigenvalue weighted by molar-refractivity contribution is 0.138. The minimum Gasteiger partial charge on any atom is -0.362 e. The highest BCUT2D eigenvalue weighted by molar-refractivity contribution is 7.91. The van der Waals surface area contributed by atoms with Crippen molar-refractivity contribution < 1.29 is 13.2 Å². The van der Waals surface area contributed by atoms with Crippen molar-refractivity contribution >= 4 is 9.84 Å². The summed E-state index contributed by atoms with van der Waals surface area (Å²) in [7, 11) is -2.82. The van der Waals surface area contributed by atoms with Crippen molar-refractivity contribution in [2.45, 2.75) is 13.0 Å². The lowest BCUT2D eigenvalue weighted by Crippen LogP contribution is -2.05. The van der Waals surface area contributed by atoms with E-state index >= 15 is 0 Å². The van der Waals surface area contributed by atoms with E-state index in [1.54, 1.807) is 6.92 Å². The van der Waals surface area contributed by atoms with Gasteiger partial charge in [-0.3, -0.25) is 0 Å². The van der Waals surface area contributed by atoms with Gasteiger partial charge in [0.05, 0.1) is 11.9 Å². The molecule has 0 aliphatic carbocycles. The molecule has 1 saturated heterocycles. The molecule has 0 saturated carbocycles. The van der Waals surface area contributed by atoms with Gasteiger partial charge < -0.3 is 4.74 Å². The highest BCUT2D eigenvalue weighted by atomic mass is 32.2. The van der Waals surface area contributed by atoms with Crippen LogP contribution in [0.3, 0.4) is 0 Å². The Hall–Kier alpha value is -0.0900. The SMILES string of the molecule is CC1CS(=O)(=O)CO1. The first-order chi connectivity index (χ1) is 3.60. The molecule has 48 valence electrons. The van der Waals surface area contributed by atoms with Gasteiger partial charge in [-0.1, -0.05) is 0 Å². The van der Waals surface area contributed by atoms with Crippen LogP contribution in [0.1, 0.15) is 6.92 Å². The van der Waals surface area contributed by atoms with Crippen LogP contribution in [0.4, 0.5) is 0 Å². The molecule has 1 aliphatic rings. The first-order valence-corrected chi connectivity index (χ1v) is 4.24. The van der Waals surface area contributed by atoms with Crippen LogP contribution in [-0.4, -0.2) is 26.2 Å². The fourth-order valence-electron chi connectivity index (χ4n) is 0.674. The molecule has 8 heavy (non-hydrogen) atoms. The molecule has 1 atom stereocenters. The van der Waals surface area contributed by atoms with Crippen LogP contribution in [0, 0.1) is 0 Å². The molecule has 0 bridgehead atoms. The first-order valence-electron chi connectivity index (χ1n) is 2.42. The van der Waals surface area contributed by atoms with Crippen LogP contribution < -0.4 is 0 Å². The van der Waals surface area contributed by atoms with Crippen LogP contribution in [0.5, 0.6) is 0 Å². The molecule has 4 heteroatoms. The van der Waals surface area contributed by atoms with Crippen molar-refractivity contribution in [2.75, 3.05) is 11.7 Å². The van der Waals surface area contributed by atoms with Gasteiger partial charge in [-0.15, -0.1) is 0 Å². The molecule has 0 radical (unpaired) electrons. The second-order valence-electron chi connectivity index (χ2n) is 2.01. The van der Waals surface area contributed by atoms with Crippen LogP contribution in [0.25, 0.3) is 0 Å². The fourth-order valence-corrected chi connectivity index (χ4v) is 2.02. The number of sulfone groups is 1. The molecule has 0 aromatic heterocycles. The van der Waals surface area contributed by atoms with Gasteiger partial charge in [0.1, 0.15) is 5.94 Å². The van der Waals surface area contributed by atoms with Gasteiger partial charge in [0, 0.05) is 0 Å². The van der Waals surface area contributed by atoms with E-state index in [-0.39, 0.29) is 17.8 Å². The van der Waals surface area contributed by atoms with E-state index in [0.29, 0.717) is 0 Å². The summed E-state index contributed by atoms with van der Waals surface area (Å²) in [5.41, 5.74) is 0. The summed E-state index contributed by atoms with van der Waals surface area (Å²) in [6.45, 7) is 1.75. The van der Waals surface area contributed by atoms with Crippen molar-refractivity contribution in [3.8, 4) is 0 Å². The largest absolute Gasteiger partial charge is 0.362 e. The van der Waals surface area contributed by atoms with Crippen LogP contribution in [0.15, 0.2) is 0 Å². The highest BCUT2D eigenvalue weighted by Crippen LogP contribution is 2.08. The van der Waals surface area contributed by atoms with Gasteiger partial charge in [-0.25, -0.2) is 8.42 Å². The lowest BCUT2D eigenvalue weighted by Gasteiger charge is -1.91. The van der Waals surface area contributed by atoms with Gasteiger partial charge in [0.2, 0.25) is 0 Å². The Kier molecular flexibility index (Phi) is 1.28. The molecule has 1 heterocycles. The van der Waals surface area contributed by atoms with E-state index in [9.17, 15) is 8.42 Å². The molecule has 1 fully saturated rings. The second kappa shape index (κ2) is 1.70. The average molecular weight is 136 g/mol. The lowest BCUT2D eigenvalue weighted by atomic mass is 10.5. The molecular weight excluding hydrogens is 128 g/mol. The third kappa shape index (κ3) is 1.20. The zero-order chi connectivity index (χ0) is 6.20. The van der Waals surface area contributed by atoms with Gasteiger partial charge in [-0.2, -0.15) is 0 Å². The van der Waals surface area contributed by atoms with E-state index < -0.39 is 9.84 Å². The third-order valence-corrected chi connectivity index (χ3v) is 2.49. The Bertz CT molecular complexity index is 170. The first kappa shape index (κ1) is 6.04. The molecular formula is C4H8O3S. The Morgan fingerprint density at radius 3 is 2.38 bits per heavy atom. The molecule has 3 nitrogen and oxygen atoms in total. The van der Waals surface area contributed by atoms with E-state index in [1.165, 1.54) is 0 Å². The maximum atomic E-state index is 10.5. The number of hydrogen-bond donors (Lipinski definition) is 0. The standard InChI is InChI=1S/C4H8O3S/c1-4-2-8(5,6)3-7-4/h4H,2-3H2,1H3. The molecule has 0 N–H and O–H groups in total. The van der Waals surface area contributed by atoms with E-state index in [0.717, 1.165) is 0 Å². The summed E-state index contributed by atoms with van der Waals surface area (Å²) >= 11 is 0. The molecule has 0 aromatic rings. The Morgan fingerprint density at radius 2 is 2.25 bits per heavy atom. The van der Waals surface area contributed by atoms with Crippen LogP contribution in [-0.2, 0) is 14.6 Å². The van der Waals surface area contributed by atoms with E-state index in [1.807, 2.05) is 0 Å². The van der Waals surface area contributed by atoms with Crippen LogP contribution in [0.2, 0.25) is 0 Å². The molecule has 0 amide bonds. The molecule has 1 rings (SSSR count). The van der Waals surface area contributed by atoms with Crippen molar-refractivity contribution in [1.82, 2.24) is 0 Å². The van der Waals surface area contributed by atoms with Crippen molar-refractivity contribution in [3.05, 3.63) is 0 Å². The van der Waals surface area contributed by atoms with E-state index in [4.69, 9.17) is 4.74 Å². The topological polar surface area (TPSA) is 43.4 Å². The number of ether oxygens (including phenoxy) is 1. The molecule has 0 aromatic carbocycles. The van der Waals surface area contributed by atoms with Crippen molar-refractivity contribution in [3.63, 3.8) is 0 Å². The Balaban J connectivity index is 2.71. The third-order valence-electron chi connectivity index (χ3n) is 1.02. The van der Waals surface area contributed by atoms with Gasteiger partial charge in [0.25, 0.3) is 0 Å². The van der Waals surface area contributed by atoms with Gasteiger partial charge in [-0.05, 0) is 6.92 Å². The average Bonchev–Trinajstić information content (AvgIpc) is 1.82. The Morgan fingerprint density at radius 1 is 1.62 bits per heavy atom. The van der Waals surface area contributed by atoms with Gasteiger partial charge >= 0.3 is 0 Å². The maximum Gasteiger partial charge on any atom is 0.176 e. The summed E-state index contributed by atoms with van der Waals surface area (Å²) in [6.07, 6.45) is -0.0972. The molecule has 1 unspecified atom stereocenters. The molecule has 1 aliphatic heterocycles. The zero-order valence-electron chi connectivity index (χ0n) is 4.62. The summed E-state index contributed by atoms with van der Waals surface area (Å²) < 4.78 is 25.8. The summed E-state index contributed by atoms with van der Waals surface area (Å²) in [5, 5.41) is 0. The maximum absolute atomic E-state index is 10.5. The number of hydrogen-bond acceptors (Lipinski definition) is 3. The van der Waals surface area contributed by atoms with Crippen molar-refractivity contribution in [1.29, 1.82) is 0 Å². The zero-order valence-corrected chi connectivity index (χ0v) is 5.44. The minimum atomic E-state index is -2.82. The number of rotatable bonds is 0.